The fourth-order valence-corrected chi connectivity index (χ4v) is 4.56. The zero-order valence-electron chi connectivity index (χ0n) is 14.3. The Bertz CT molecular complexity index is 927. The summed E-state index contributed by atoms with van der Waals surface area (Å²) in [6.45, 7) is 0. The van der Waals surface area contributed by atoms with E-state index < -0.39 is 41.5 Å². The van der Waals surface area contributed by atoms with E-state index in [0.29, 0.717) is 17.5 Å². The van der Waals surface area contributed by atoms with Crippen molar-refractivity contribution in [1.82, 2.24) is 4.98 Å². The smallest absolute Gasteiger partial charge is 0.297 e. The van der Waals surface area contributed by atoms with Crippen LogP contribution in [0.1, 0.15) is 42.2 Å². The van der Waals surface area contributed by atoms with Crippen LogP contribution in [0.5, 0.6) is 0 Å². The summed E-state index contributed by atoms with van der Waals surface area (Å²) in [7, 11) is 0. The first kappa shape index (κ1) is 20.6. The largest absolute Gasteiger partial charge is 0.416 e. The lowest BCUT2D eigenvalue weighted by Gasteiger charge is -2.32. The lowest BCUT2D eigenvalue weighted by molar-refractivity contribution is -0.197. The number of fused-ring (bicyclic) bond motifs is 1. The summed E-state index contributed by atoms with van der Waals surface area (Å²) >= 11 is 0.847. The number of rotatable bonds is 3. The molecule has 1 fully saturated rings. The van der Waals surface area contributed by atoms with Crippen molar-refractivity contribution in [3.05, 3.63) is 28.8 Å². The Balaban J connectivity index is 1.94. The quantitative estimate of drug-likeness (QED) is 0.585. The molecule has 1 heterocycles. The molecule has 3 rings (SSSR count). The van der Waals surface area contributed by atoms with Gasteiger partial charge < -0.3 is 0 Å². The van der Waals surface area contributed by atoms with E-state index in [0.717, 1.165) is 23.5 Å². The molecule has 0 unspecified atom stereocenters. The SMILES string of the molecule is N#C[C@H](C(=O)[C@@H]1CCCC[C@@H]1C(F)(F)F)c1nc2cc(C(F)(F)F)ccc2s1. The van der Waals surface area contributed by atoms with Crippen LogP contribution in [0.25, 0.3) is 10.2 Å². The van der Waals surface area contributed by atoms with Crippen molar-refractivity contribution in [2.75, 3.05) is 0 Å². The van der Waals surface area contributed by atoms with Gasteiger partial charge in [-0.15, -0.1) is 11.3 Å². The zero-order chi connectivity index (χ0) is 20.7. The van der Waals surface area contributed by atoms with E-state index in [1.54, 1.807) is 6.07 Å². The van der Waals surface area contributed by atoms with Gasteiger partial charge in [0.05, 0.1) is 27.8 Å². The number of hydrogen-bond donors (Lipinski definition) is 0. The predicted molar refractivity (Wildman–Crippen MR) is 89.5 cm³/mol. The third kappa shape index (κ3) is 3.99. The van der Waals surface area contributed by atoms with Crippen LogP contribution in [-0.4, -0.2) is 16.9 Å². The predicted octanol–water partition coefficient (Wildman–Crippen LogP) is 5.86. The summed E-state index contributed by atoms with van der Waals surface area (Å²) in [6, 6.07) is 4.53. The van der Waals surface area contributed by atoms with E-state index >= 15 is 0 Å². The van der Waals surface area contributed by atoms with E-state index in [1.807, 2.05) is 0 Å². The van der Waals surface area contributed by atoms with Crippen molar-refractivity contribution >= 4 is 27.3 Å². The van der Waals surface area contributed by atoms with Crippen LogP contribution < -0.4 is 0 Å². The molecule has 3 nitrogen and oxygen atoms in total. The van der Waals surface area contributed by atoms with Crippen molar-refractivity contribution in [1.29, 1.82) is 5.26 Å². The second-order valence-corrected chi connectivity index (χ2v) is 7.80. The Morgan fingerprint density at radius 2 is 1.86 bits per heavy atom. The first-order chi connectivity index (χ1) is 13.0. The highest BCUT2D eigenvalue weighted by atomic mass is 32.1. The normalized spacial score (nSPS) is 22.0. The molecule has 2 aromatic rings. The number of aromatic nitrogens is 1. The molecule has 1 aliphatic carbocycles. The van der Waals surface area contributed by atoms with Gasteiger partial charge in [-0.2, -0.15) is 31.6 Å². The number of benzene rings is 1. The molecule has 28 heavy (non-hydrogen) atoms. The molecule has 1 saturated carbocycles. The van der Waals surface area contributed by atoms with Crippen molar-refractivity contribution in [3.8, 4) is 6.07 Å². The number of ketones is 1. The Morgan fingerprint density at radius 3 is 2.46 bits per heavy atom. The molecule has 150 valence electrons. The van der Waals surface area contributed by atoms with E-state index in [4.69, 9.17) is 0 Å². The zero-order valence-corrected chi connectivity index (χ0v) is 15.1. The molecule has 1 aromatic carbocycles. The van der Waals surface area contributed by atoms with Crippen LogP contribution in [0, 0.1) is 23.2 Å². The summed E-state index contributed by atoms with van der Waals surface area (Å²) in [5.74, 6) is -5.54. The number of halogens is 6. The highest BCUT2D eigenvalue weighted by molar-refractivity contribution is 7.18. The molecule has 1 aromatic heterocycles. The van der Waals surface area contributed by atoms with Crippen molar-refractivity contribution in [3.63, 3.8) is 0 Å². The number of thiazole rings is 1. The van der Waals surface area contributed by atoms with Crippen LogP contribution in [-0.2, 0) is 11.0 Å². The molecule has 3 atom stereocenters. The third-order valence-corrected chi connectivity index (χ3v) is 6.05. The molecule has 0 spiro atoms. The molecular formula is C18H14F6N2OS. The van der Waals surface area contributed by atoms with Gasteiger partial charge in [0.25, 0.3) is 0 Å². The highest BCUT2D eigenvalue weighted by Crippen LogP contribution is 2.44. The van der Waals surface area contributed by atoms with Crippen molar-refractivity contribution < 1.29 is 31.1 Å². The molecule has 0 amide bonds. The average molecular weight is 420 g/mol. The van der Waals surface area contributed by atoms with Gasteiger partial charge in [-0.1, -0.05) is 12.8 Å². The number of nitrogens with zero attached hydrogens (tertiary/aromatic N) is 2. The Labute approximate surface area is 160 Å². The average Bonchev–Trinajstić information content (AvgIpc) is 3.03. The second kappa shape index (κ2) is 7.35. The number of hydrogen-bond acceptors (Lipinski definition) is 4. The Kier molecular flexibility index (Phi) is 5.40. The second-order valence-electron chi connectivity index (χ2n) is 6.74. The van der Waals surface area contributed by atoms with Crippen LogP contribution in [0.3, 0.4) is 0 Å². The number of carbonyl (C=O) groups excluding carboxylic acids is 1. The number of carbonyl (C=O) groups is 1. The van der Waals surface area contributed by atoms with Crippen LogP contribution in [0.2, 0.25) is 0 Å². The lowest BCUT2D eigenvalue weighted by atomic mass is 9.74. The minimum Gasteiger partial charge on any atom is -0.297 e. The molecule has 0 radical (unpaired) electrons. The maximum atomic E-state index is 13.3. The first-order valence-corrected chi connectivity index (χ1v) is 9.31. The standard InChI is InChI=1S/C18H14F6N2OS/c19-17(20,21)9-5-6-14-13(7-9)26-16(28-14)11(8-25)15(27)10-3-1-2-4-12(10)18(22,23)24/h5-7,10-12H,1-4H2/t10-,11-,12+/m1/s1. The van der Waals surface area contributed by atoms with Gasteiger partial charge in [0.2, 0.25) is 0 Å². The minimum absolute atomic E-state index is 0.0321. The summed E-state index contributed by atoms with van der Waals surface area (Å²) in [6.07, 6.45) is -8.46. The van der Waals surface area contributed by atoms with Gasteiger partial charge in [-0.05, 0) is 31.0 Å². The maximum Gasteiger partial charge on any atom is 0.416 e. The van der Waals surface area contributed by atoms with Gasteiger partial charge in [-0.3, -0.25) is 4.79 Å². The third-order valence-electron chi connectivity index (χ3n) is 4.94. The van der Waals surface area contributed by atoms with E-state index in [2.05, 4.69) is 4.98 Å². The monoisotopic (exact) mass is 420 g/mol. The van der Waals surface area contributed by atoms with Crippen LogP contribution in [0.4, 0.5) is 26.3 Å². The Hall–Kier alpha value is -2.15. The number of Topliss-reactive ketones (excluding diaryl/α,β-unsaturated/α-hetero) is 1. The molecule has 0 aliphatic heterocycles. The maximum absolute atomic E-state index is 13.3. The lowest BCUT2D eigenvalue weighted by Crippen LogP contribution is -2.39. The van der Waals surface area contributed by atoms with Gasteiger partial charge >= 0.3 is 12.4 Å². The van der Waals surface area contributed by atoms with Gasteiger partial charge in [-0.25, -0.2) is 4.98 Å². The highest BCUT2D eigenvalue weighted by Gasteiger charge is 2.49. The fraction of sp³-hybridized carbons (Fsp3) is 0.500. The fourth-order valence-electron chi connectivity index (χ4n) is 3.56. The molecule has 0 N–H and O–H groups in total. The molecule has 10 heteroatoms. The van der Waals surface area contributed by atoms with Gasteiger partial charge in [0.15, 0.2) is 11.7 Å². The first-order valence-electron chi connectivity index (χ1n) is 8.50. The van der Waals surface area contributed by atoms with Crippen LogP contribution >= 0.6 is 11.3 Å². The van der Waals surface area contributed by atoms with Crippen LogP contribution in [0.15, 0.2) is 18.2 Å². The van der Waals surface area contributed by atoms with Crippen molar-refractivity contribution in [2.45, 2.75) is 44.0 Å². The van der Waals surface area contributed by atoms with E-state index in [9.17, 15) is 36.4 Å². The van der Waals surface area contributed by atoms with E-state index in [1.165, 1.54) is 6.07 Å². The van der Waals surface area contributed by atoms with Gasteiger partial charge in [0.1, 0.15) is 5.01 Å². The van der Waals surface area contributed by atoms with Gasteiger partial charge in [0, 0.05) is 5.92 Å². The summed E-state index contributed by atoms with van der Waals surface area (Å²) in [4.78, 5) is 16.7. The Morgan fingerprint density at radius 1 is 1.18 bits per heavy atom. The summed E-state index contributed by atoms with van der Waals surface area (Å²) in [5.41, 5.74) is -0.972. The van der Waals surface area contributed by atoms with E-state index in [-0.39, 0.29) is 23.4 Å². The number of nitriles is 1. The van der Waals surface area contributed by atoms with Crippen molar-refractivity contribution in [2.24, 2.45) is 11.8 Å². The molecular weight excluding hydrogens is 406 g/mol. The summed E-state index contributed by atoms with van der Waals surface area (Å²) in [5, 5.41) is 9.34. The molecule has 1 aliphatic rings. The molecule has 0 bridgehead atoms. The minimum atomic E-state index is -4.58. The summed E-state index contributed by atoms with van der Waals surface area (Å²) < 4.78 is 78.7. The number of alkyl halides is 6. The molecule has 0 saturated heterocycles. The topological polar surface area (TPSA) is 53.8 Å².